The number of nitrogens with zero attached hydrogens (tertiary/aromatic N) is 4. The van der Waals surface area contributed by atoms with E-state index in [0.717, 1.165) is 65.1 Å². The number of imidazole rings is 1. The van der Waals surface area contributed by atoms with Gasteiger partial charge in [-0.3, -0.25) is 9.69 Å². The molecule has 4 aromatic rings. The van der Waals surface area contributed by atoms with Crippen molar-refractivity contribution in [1.29, 1.82) is 0 Å². The van der Waals surface area contributed by atoms with Gasteiger partial charge in [0, 0.05) is 57.3 Å². The van der Waals surface area contributed by atoms with Gasteiger partial charge in [-0.1, -0.05) is 48.5 Å². The molecule has 1 saturated heterocycles. The van der Waals surface area contributed by atoms with Crippen molar-refractivity contribution in [3.05, 3.63) is 84.2 Å². The van der Waals surface area contributed by atoms with Gasteiger partial charge in [-0.05, 0) is 87.4 Å². The summed E-state index contributed by atoms with van der Waals surface area (Å²) < 4.78 is 13.0. The van der Waals surface area contributed by atoms with Crippen LogP contribution in [0.2, 0.25) is 0 Å². The minimum absolute atomic E-state index is 0.0229. The van der Waals surface area contributed by atoms with Gasteiger partial charge in [-0.15, -0.1) is 0 Å². The van der Waals surface area contributed by atoms with E-state index < -0.39 is 17.7 Å². The maximum absolute atomic E-state index is 14.0. The predicted molar refractivity (Wildman–Crippen MR) is 185 cm³/mol. The number of ether oxygens (including phenoxy) is 2. The summed E-state index contributed by atoms with van der Waals surface area (Å²) in [6.45, 7) is 8.34. The van der Waals surface area contributed by atoms with Crippen LogP contribution in [0.5, 0.6) is 5.75 Å². The molecular weight excluding hydrogens is 592 g/mol. The van der Waals surface area contributed by atoms with Crippen molar-refractivity contribution in [2.75, 3.05) is 33.9 Å². The highest BCUT2D eigenvalue weighted by atomic mass is 16.5. The average Bonchev–Trinajstić information content (AvgIpc) is 3.43. The molecule has 1 aromatic heterocycles. The lowest BCUT2D eigenvalue weighted by atomic mass is 9.93. The first-order chi connectivity index (χ1) is 22.6. The summed E-state index contributed by atoms with van der Waals surface area (Å²) >= 11 is 0. The molecule has 0 saturated carbocycles. The molecule has 1 aliphatic rings. The first kappa shape index (κ1) is 34.0. The van der Waals surface area contributed by atoms with E-state index in [4.69, 9.17) is 14.5 Å². The number of aromatic nitrogens is 2. The molecule has 47 heavy (non-hydrogen) atoms. The maximum Gasteiger partial charge on any atom is 0.408 e. The number of likely N-dealkylation sites (tertiary alicyclic amines) is 1. The number of fused-ring (bicyclic) bond motifs is 1. The van der Waals surface area contributed by atoms with Crippen molar-refractivity contribution in [3.63, 3.8) is 0 Å². The Morgan fingerprint density at radius 2 is 1.79 bits per heavy atom. The van der Waals surface area contributed by atoms with Crippen LogP contribution < -0.4 is 4.74 Å². The first-order valence-corrected chi connectivity index (χ1v) is 16.6. The van der Waals surface area contributed by atoms with Gasteiger partial charge in [-0.25, -0.2) is 9.78 Å². The number of piperidine rings is 1. The molecule has 0 unspecified atom stereocenters. The van der Waals surface area contributed by atoms with Crippen molar-refractivity contribution >= 4 is 23.0 Å². The fourth-order valence-electron chi connectivity index (χ4n) is 6.91. The van der Waals surface area contributed by atoms with Crippen LogP contribution in [0.1, 0.15) is 63.8 Å². The molecule has 9 nitrogen and oxygen atoms in total. The second-order valence-corrected chi connectivity index (χ2v) is 13.4. The zero-order valence-corrected chi connectivity index (χ0v) is 28.3. The van der Waals surface area contributed by atoms with Gasteiger partial charge in [0.25, 0.3) is 0 Å². The quantitative estimate of drug-likeness (QED) is 0.164. The number of carboxylic acid groups (broad SMARTS) is 1. The number of carbonyl (C=O) groups is 2. The minimum Gasteiger partial charge on any atom is -0.497 e. The Kier molecular flexibility index (Phi) is 10.9. The molecule has 2 amide bonds. The highest BCUT2D eigenvalue weighted by molar-refractivity contribution is 5.79. The van der Waals surface area contributed by atoms with E-state index in [-0.39, 0.29) is 18.2 Å². The third-order valence-corrected chi connectivity index (χ3v) is 9.09. The molecule has 1 fully saturated rings. The van der Waals surface area contributed by atoms with E-state index in [9.17, 15) is 14.7 Å². The molecule has 5 rings (SSSR count). The molecule has 2 heterocycles. The smallest absolute Gasteiger partial charge is 0.408 e. The van der Waals surface area contributed by atoms with Crippen LogP contribution in [-0.4, -0.2) is 82.0 Å². The molecule has 0 aliphatic carbocycles. The van der Waals surface area contributed by atoms with Gasteiger partial charge >= 0.3 is 6.09 Å². The second-order valence-electron chi connectivity index (χ2n) is 13.4. The Hall–Kier alpha value is -4.37. The lowest BCUT2D eigenvalue weighted by molar-refractivity contribution is -0.134. The molecule has 3 aromatic carbocycles. The highest BCUT2D eigenvalue weighted by Gasteiger charge is 2.36. The molecule has 1 N–H and O–H groups in total. The summed E-state index contributed by atoms with van der Waals surface area (Å²) in [6.07, 6.45) is 2.21. The fraction of sp³-hybridized carbons (Fsp3) is 0.447. The average molecular weight is 641 g/mol. The molecule has 0 spiro atoms. The molecule has 0 radical (unpaired) electrons. The van der Waals surface area contributed by atoms with Crippen LogP contribution in [0.25, 0.3) is 22.2 Å². The SMILES string of the molecule is COCCCn1c([C@@H]2CCCN(C(=O)C[C@@H](Cc3ccc(-c4cccc(OC)c4)cc3)N(C(=O)O)C(C)(C)C)C2)nc2ccccc21. The van der Waals surface area contributed by atoms with Crippen molar-refractivity contribution in [2.24, 2.45) is 0 Å². The standard InChI is InChI=1S/C38H48N4O5/c1-38(2,3)42(37(44)45)31(23-27-16-18-28(19-17-27)29-11-8-13-32(24-29)47-5)25-35(43)40-20-9-12-30(26-40)36-39-33-14-6-7-15-34(33)41(36)21-10-22-46-4/h6-8,11,13-19,24,30-31H,9-10,12,20-23,25-26H2,1-5H3,(H,44,45)/t30-,31-/m1/s1. The molecule has 9 heteroatoms. The fourth-order valence-corrected chi connectivity index (χ4v) is 6.91. The van der Waals surface area contributed by atoms with E-state index >= 15 is 0 Å². The number of hydrogen-bond acceptors (Lipinski definition) is 5. The van der Waals surface area contributed by atoms with Gasteiger partial charge < -0.3 is 24.0 Å². The summed E-state index contributed by atoms with van der Waals surface area (Å²) in [5.41, 5.74) is 4.43. The topological polar surface area (TPSA) is 97.1 Å². The maximum atomic E-state index is 14.0. The van der Waals surface area contributed by atoms with Crippen LogP contribution in [0.4, 0.5) is 4.79 Å². The van der Waals surface area contributed by atoms with Crippen LogP contribution in [0.15, 0.2) is 72.8 Å². The Bertz CT molecular complexity index is 1660. The van der Waals surface area contributed by atoms with Crippen LogP contribution >= 0.6 is 0 Å². The van der Waals surface area contributed by atoms with Crippen LogP contribution in [-0.2, 0) is 22.5 Å². The largest absolute Gasteiger partial charge is 0.497 e. The van der Waals surface area contributed by atoms with Crippen molar-refractivity contribution in [3.8, 4) is 16.9 Å². The molecule has 1 aliphatic heterocycles. The third-order valence-electron chi connectivity index (χ3n) is 9.09. The first-order valence-electron chi connectivity index (χ1n) is 16.6. The molecular formula is C38H48N4O5. The Labute approximate surface area is 278 Å². The summed E-state index contributed by atoms with van der Waals surface area (Å²) in [6, 6.07) is 23.7. The summed E-state index contributed by atoms with van der Waals surface area (Å²) in [5.74, 6) is 1.87. The second kappa shape index (κ2) is 15.0. The molecule has 250 valence electrons. The number of benzene rings is 3. The lowest BCUT2D eigenvalue weighted by Crippen LogP contribution is -2.54. The molecule has 0 bridgehead atoms. The highest BCUT2D eigenvalue weighted by Crippen LogP contribution is 2.32. The Balaban J connectivity index is 1.36. The zero-order valence-electron chi connectivity index (χ0n) is 28.3. The van der Waals surface area contributed by atoms with E-state index in [0.29, 0.717) is 26.1 Å². The minimum atomic E-state index is -1.02. The number of rotatable bonds is 12. The van der Waals surface area contributed by atoms with E-state index in [1.165, 1.54) is 4.90 Å². The number of para-hydroxylation sites is 2. The zero-order chi connectivity index (χ0) is 33.6. The number of carbonyl (C=O) groups excluding carboxylic acids is 1. The van der Waals surface area contributed by atoms with Crippen molar-refractivity contribution < 1.29 is 24.2 Å². The van der Waals surface area contributed by atoms with E-state index in [2.05, 4.69) is 10.6 Å². The van der Waals surface area contributed by atoms with E-state index in [1.807, 2.05) is 92.4 Å². The summed E-state index contributed by atoms with van der Waals surface area (Å²) in [4.78, 5) is 35.1. The predicted octanol–water partition coefficient (Wildman–Crippen LogP) is 7.23. The van der Waals surface area contributed by atoms with Crippen molar-refractivity contribution in [1.82, 2.24) is 19.4 Å². The monoisotopic (exact) mass is 640 g/mol. The number of aryl methyl sites for hydroxylation is 1. The van der Waals surface area contributed by atoms with Crippen LogP contribution in [0, 0.1) is 0 Å². The van der Waals surface area contributed by atoms with Gasteiger partial charge in [0.2, 0.25) is 5.91 Å². The normalized spacial score (nSPS) is 15.9. The number of amides is 2. The van der Waals surface area contributed by atoms with Crippen LogP contribution in [0.3, 0.4) is 0 Å². The van der Waals surface area contributed by atoms with Crippen molar-refractivity contribution in [2.45, 2.75) is 76.9 Å². The Morgan fingerprint density at radius 1 is 1.02 bits per heavy atom. The van der Waals surface area contributed by atoms with E-state index in [1.54, 1.807) is 14.2 Å². The summed E-state index contributed by atoms with van der Waals surface area (Å²) in [7, 11) is 3.37. The van der Waals surface area contributed by atoms with Gasteiger partial charge in [0.15, 0.2) is 0 Å². The number of methoxy groups -OCH3 is 2. The summed E-state index contributed by atoms with van der Waals surface area (Å²) in [5, 5.41) is 10.4. The molecule has 2 atom stereocenters. The van der Waals surface area contributed by atoms with Gasteiger partial charge in [-0.2, -0.15) is 0 Å². The number of hydrogen-bond donors (Lipinski definition) is 1. The Morgan fingerprint density at radius 3 is 2.49 bits per heavy atom. The lowest BCUT2D eigenvalue weighted by Gasteiger charge is -2.41. The third kappa shape index (κ3) is 8.14. The van der Waals surface area contributed by atoms with Gasteiger partial charge in [0.05, 0.1) is 18.1 Å². The van der Waals surface area contributed by atoms with Gasteiger partial charge in [0.1, 0.15) is 11.6 Å².